The van der Waals surface area contributed by atoms with Gasteiger partial charge in [-0.25, -0.2) is 4.39 Å². The van der Waals surface area contributed by atoms with Gasteiger partial charge in [0, 0.05) is 0 Å². The second-order valence-corrected chi connectivity index (χ2v) is 2.60. The molecule has 0 radical (unpaired) electrons. The van der Waals surface area contributed by atoms with Crippen LogP contribution in [0.15, 0.2) is 23.0 Å². The van der Waals surface area contributed by atoms with Crippen molar-refractivity contribution in [2.75, 3.05) is 0 Å². The molecule has 0 rings (SSSR count). The normalized spacial score (nSPS) is 14.8. The van der Waals surface area contributed by atoms with Crippen LogP contribution in [0.2, 0.25) is 0 Å². The highest BCUT2D eigenvalue weighted by Crippen LogP contribution is 2.20. The largest absolute Gasteiger partial charge is 0.207 e. The maximum Gasteiger partial charge on any atom is 0.122 e. The Morgan fingerprint density at radius 2 is 1.82 bits per heavy atom. The average Bonchev–Trinajstić information content (AvgIpc) is 2.05. The van der Waals surface area contributed by atoms with E-state index in [4.69, 9.17) is 0 Å². The fourth-order valence-electron chi connectivity index (χ4n) is 1.06. The number of hydrogen-bond acceptors (Lipinski definition) is 0. The molecule has 0 aliphatic carbocycles. The Kier molecular flexibility index (Phi) is 4.84. The van der Waals surface area contributed by atoms with Crippen molar-refractivity contribution < 1.29 is 4.39 Å². The van der Waals surface area contributed by atoms with Crippen molar-refractivity contribution >= 4 is 0 Å². The quantitative estimate of drug-likeness (QED) is 0.542. The van der Waals surface area contributed by atoms with E-state index in [-0.39, 0.29) is 5.83 Å². The highest BCUT2D eigenvalue weighted by Gasteiger charge is 2.03. The molecule has 11 heavy (non-hydrogen) atoms. The predicted molar refractivity (Wildman–Crippen MR) is 48.1 cm³/mol. The third-order valence-corrected chi connectivity index (χ3v) is 1.94. The van der Waals surface area contributed by atoms with E-state index in [0.29, 0.717) is 0 Å². The van der Waals surface area contributed by atoms with E-state index in [1.165, 1.54) is 6.08 Å². The van der Waals surface area contributed by atoms with E-state index >= 15 is 0 Å². The van der Waals surface area contributed by atoms with E-state index in [1.54, 1.807) is 6.92 Å². The molecule has 0 aliphatic rings. The van der Waals surface area contributed by atoms with Crippen LogP contribution in [0.25, 0.3) is 0 Å². The Labute approximate surface area is 68.8 Å². The molecule has 0 amide bonds. The van der Waals surface area contributed by atoms with E-state index in [1.807, 2.05) is 20.8 Å². The standard InChI is InChI=1S/C10H17F/c1-5-8(4)9(6-2)10(11)7-3/h7H,5-6H2,1-4H3. The van der Waals surface area contributed by atoms with Crippen LogP contribution in [-0.2, 0) is 0 Å². The molecule has 0 bridgehead atoms. The van der Waals surface area contributed by atoms with Crippen molar-refractivity contribution in [1.82, 2.24) is 0 Å². The molecule has 0 heterocycles. The summed E-state index contributed by atoms with van der Waals surface area (Å²) in [5, 5.41) is 0. The zero-order chi connectivity index (χ0) is 8.85. The Hall–Kier alpha value is -0.590. The fourth-order valence-corrected chi connectivity index (χ4v) is 1.06. The summed E-state index contributed by atoms with van der Waals surface area (Å²) in [6, 6.07) is 0. The lowest BCUT2D eigenvalue weighted by molar-refractivity contribution is 0.635. The first-order valence-electron chi connectivity index (χ1n) is 4.18. The molecule has 0 nitrogen and oxygen atoms in total. The fraction of sp³-hybridized carbons (Fsp3) is 0.600. The van der Waals surface area contributed by atoms with Crippen molar-refractivity contribution in [3.05, 3.63) is 23.0 Å². The number of rotatable bonds is 3. The van der Waals surface area contributed by atoms with Crippen molar-refractivity contribution in [3.8, 4) is 0 Å². The van der Waals surface area contributed by atoms with E-state index < -0.39 is 0 Å². The summed E-state index contributed by atoms with van der Waals surface area (Å²) >= 11 is 0. The van der Waals surface area contributed by atoms with Crippen LogP contribution in [0.5, 0.6) is 0 Å². The highest BCUT2D eigenvalue weighted by molar-refractivity contribution is 5.29. The molecule has 0 spiro atoms. The molecule has 0 saturated carbocycles. The molecule has 0 aromatic heterocycles. The minimum absolute atomic E-state index is 0.0631. The molecule has 0 unspecified atom stereocenters. The SMILES string of the molecule is CC=C(F)C(CC)=C(C)CC. The van der Waals surface area contributed by atoms with E-state index in [0.717, 1.165) is 24.0 Å². The van der Waals surface area contributed by atoms with Crippen molar-refractivity contribution in [2.24, 2.45) is 0 Å². The summed E-state index contributed by atoms with van der Waals surface area (Å²) in [5.74, 6) is -0.0631. The van der Waals surface area contributed by atoms with Crippen LogP contribution in [-0.4, -0.2) is 0 Å². The van der Waals surface area contributed by atoms with Gasteiger partial charge in [0.2, 0.25) is 0 Å². The van der Waals surface area contributed by atoms with Gasteiger partial charge in [0.05, 0.1) is 0 Å². The van der Waals surface area contributed by atoms with Crippen LogP contribution in [0.1, 0.15) is 40.5 Å². The minimum atomic E-state index is -0.0631. The molecule has 0 aromatic rings. The molecule has 1 heteroatoms. The molecular formula is C10H17F. The number of allylic oxidation sites excluding steroid dienone is 4. The maximum atomic E-state index is 13.0. The Morgan fingerprint density at radius 3 is 2.09 bits per heavy atom. The monoisotopic (exact) mass is 156 g/mol. The third-order valence-electron chi connectivity index (χ3n) is 1.94. The Morgan fingerprint density at radius 1 is 1.27 bits per heavy atom. The second-order valence-electron chi connectivity index (χ2n) is 2.60. The maximum absolute atomic E-state index is 13.0. The van der Waals surface area contributed by atoms with Gasteiger partial charge in [0.1, 0.15) is 5.83 Å². The summed E-state index contributed by atoms with van der Waals surface area (Å²) in [5.41, 5.74) is 2.03. The summed E-state index contributed by atoms with van der Waals surface area (Å²) in [6.07, 6.45) is 3.25. The third kappa shape index (κ3) is 2.87. The Bertz CT molecular complexity index is 175. The van der Waals surface area contributed by atoms with E-state index in [2.05, 4.69) is 0 Å². The van der Waals surface area contributed by atoms with Gasteiger partial charge in [-0.1, -0.05) is 25.5 Å². The van der Waals surface area contributed by atoms with E-state index in [9.17, 15) is 4.39 Å². The summed E-state index contributed by atoms with van der Waals surface area (Å²) < 4.78 is 13.0. The predicted octanol–water partition coefficient (Wildman–Crippen LogP) is 4.00. The topological polar surface area (TPSA) is 0 Å². The molecule has 0 aromatic carbocycles. The lowest BCUT2D eigenvalue weighted by Gasteiger charge is -2.05. The zero-order valence-electron chi connectivity index (χ0n) is 7.87. The molecular weight excluding hydrogens is 139 g/mol. The van der Waals surface area contributed by atoms with Gasteiger partial charge in [0.25, 0.3) is 0 Å². The zero-order valence-corrected chi connectivity index (χ0v) is 7.87. The van der Waals surface area contributed by atoms with Crippen molar-refractivity contribution in [2.45, 2.75) is 40.5 Å². The second kappa shape index (κ2) is 5.11. The number of hydrogen-bond donors (Lipinski definition) is 0. The van der Waals surface area contributed by atoms with Gasteiger partial charge < -0.3 is 0 Å². The Balaban J connectivity index is 4.65. The number of halogens is 1. The van der Waals surface area contributed by atoms with Crippen LogP contribution < -0.4 is 0 Å². The van der Waals surface area contributed by atoms with Crippen molar-refractivity contribution in [3.63, 3.8) is 0 Å². The van der Waals surface area contributed by atoms with Crippen LogP contribution in [0, 0.1) is 0 Å². The molecule has 0 N–H and O–H groups in total. The van der Waals surface area contributed by atoms with Gasteiger partial charge in [-0.05, 0) is 32.3 Å². The van der Waals surface area contributed by atoms with Crippen molar-refractivity contribution in [1.29, 1.82) is 0 Å². The van der Waals surface area contributed by atoms with Gasteiger partial charge in [-0.2, -0.15) is 0 Å². The first kappa shape index (κ1) is 10.4. The molecule has 0 saturated heterocycles. The van der Waals surface area contributed by atoms with Gasteiger partial charge in [-0.3, -0.25) is 0 Å². The minimum Gasteiger partial charge on any atom is -0.207 e. The first-order chi connectivity index (χ1) is 5.17. The summed E-state index contributed by atoms with van der Waals surface area (Å²) in [4.78, 5) is 0. The summed E-state index contributed by atoms with van der Waals surface area (Å²) in [6.45, 7) is 7.75. The van der Waals surface area contributed by atoms with Crippen LogP contribution in [0.4, 0.5) is 4.39 Å². The van der Waals surface area contributed by atoms with Crippen LogP contribution in [0.3, 0.4) is 0 Å². The highest BCUT2D eigenvalue weighted by atomic mass is 19.1. The lowest BCUT2D eigenvalue weighted by Crippen LogP contribution is -1.87. The molecule has 0 aliphatic heterocycles. The first-order valence-corrected chi connectivity index (χ1v) is 4.18. The summed E-state index contributed by atoms with van der Waals surface area (Å²) in [7, 11) is 0. The van der Waals surface area contributed by atoms with Gasteiger partial charge in [-0.15, -0.1) is 0 Å². The smallest absolute Gasteiger partial charge is 0.122 e. The molecule has 0 fully saturated rings. The van der Waals surface area contributed by atoms with Gasteiger partial charge >= 0.3 is 0 Å². The lowest BCUT2D eigenvalue weighted by atomic mass is 10.0. The molecule has 64 valence electrons. The van der Waals surface area contributed by atoms with Crippen LogP contribution >= 0.6 is 0 Å². The average molecular weight is 156 g/mol. The van der Waals surface area contributed by atoms with Gasteiger partial charge in [0.15, 0.2) is 0 Å². The molecule has 0 atom stereocenters.